The van der Waals surface area contributed by atoms with E-state index in [0.717, 1.165) is 25.8 Å². The molecule has 1 aromatic heterocycles. The molecule has 2 heterocycles. The highest BCUT2D eigenvalue weighted by Gasteiger charge is 2.25. The van der Waals surface area contributed by atoms with Crippen molar-refractivity contribution in [2.24, 2.45) is 0 Å². The van der Waals surface area contributed by atoms with Gasteiger partial charge in [0.1, 0.15) is 0 Å². The number of carbonyl (C=O) groups is 1. The minimum absolute atomic E-state index is 0.168. The summed E-state index contributed by atoms with van der Waals surface area (Å²) in [6, 6.07) is 0.275. The second kappa shape index (κ2) is 7.36. The van der Waals surface area contributed by atoms with Crippen LogP contribution in [-0.4, -0.2) is 46.8 Å². The van der Waals surface area contributed by atoms with E-state index in [-0.39, 0.29) is 18.6 Å². The minimum Gasteiger partial charge on any atom is -0.462 e. The van der Waals surface area contributed by atoms with E-state index in [2.05, 4.69) is 14.9 Å². The number of hydrogen-bond acceptors (Lipinski definition) is 6. The van der Waals surface area contributed by atoms with E-state index in [9.17, 15) is 9.90 Å². The van der Waals surface area contributed by atoms with Crippen molar-refractivity contribution < 1.29 is 14.6 Å². The molecule has 6 heteroatoms. The average molecular weight is 293 g/mol. The summed E-state index contributed by atoms with van der Waals surface area (Å²) in [6.45, 7) is 4.97. The number of aliphatic hydroxyl groups is 1. The quantitative estimate of drug-likeness (QED) is 0.833. The molecule has 6 nitrogen and oxygen atoms in total. The first-order chi connectivity index (χ1) is 10.2. The van der Waals surface area contributed by atoms with E-state index in [4.69, 9.17) is 4.74 Å². The Bertz CT molecular complexity index is 491. The molecule has 116 valence electrons. The molecule has 1 aliphatic rings. The summed E-state index contributed by atoms with van der Waals surface area (Å²) < 4.78 is 4.99. The van der Waals surface area contributed by atoms with Gasteiger partial charge in [-0.25, -0.2) is 14.8 Å². The molecule has 0 amide bonds. The molecule has 1 unspecified atom stereocenters. The Morgan fingerprint density at radius 2 is 2.33 bits per heavy atom. The standard InChI is InChI=1S/C15H23N3O3/c1-3-21-14(20)13-10-16-15(17-11(13)2)18-8-5-4-6-12(18)7-9-19/h10,12,19H,3-9H2,1-2H3. The second-order valence-corrected chi connectivity index (χ2v) is 5.24. The van der Waals surface area contributed by atoms with Gasteiger partial charge in [0, 0.05) is 25.4 Å². The van der Waals surface area contributed by atoms with E-state index in [0.29, 0.717) is 23.8 Å². The lowest BCUT2D eigenvalue weighted by molar-refractivity contribution is 0.0524. The third-order valence-corrected chi connectivity index (χ3v) is 3.81. The van der Waals surface area contributed by atoms with Crippen molar-refractivity contribution in [1.82, 2.24) is 9.97 Å². The molecule has 0 bridgehead atoms. The molecule has 0 aliphatic carbocycles. The molecular weight excluding hydrogens is 270 g/mol. The van der Waals surface area contributed by atoms with Crippen LogP contribution >= 0.6 is 0 Å². The summed E-state index contributed by atoms with van der Waals surface area (Å²) in [6.07, 6.45) is 5.58. The first-order valence-electron chi connectivity index (χ1n) is 7.55. The van der Waals surface area contributed by atoms with Crippen LogP contribution in [0.25, 0.3) is 0 Å². The molecule has 21 heavy (non-hydrogen) atoms. The highest BCUT2D eigenvalue weighted by molar-refractivity contribution is 5.90. The number of aryl methyl sites for hydroxylation is 1. The van der Waals surface area contributed by atoms with Crippen LogP contribution < -0.4 is 4.90 Å². The lowest BCUT2D eigenvalue weighted by atomic mass is 10.00. The molecule has 0 spiro atoms. The highest BCUT2D eigenvalue weighted by atomic mass is 16.5. The Morgan fingerprint density at radius 1 is 1.52 bits per heavy atom. The second-order valence-electron chi connectivity index (χ2n) is 5.24. The van der Waals surface area contributed by atoms with Crippen LogP contribution in [0.15, 0.2) is 6.20 Å². The lowest BCUT2D eigenvalue weighted by Crippen LogP contribution is -2.41. The van der Waals surface area contributed by atoms with E-state index >= 15 is 0 Å². The highest BCUT2D eigenvalue weighted by Crippen LogP contribution is 2.24. The molecule has 0 aromatic carbocycles. The topological polar surface area (TPSA) is 75.5 Å². The maximum atomic E-state index is 11.8. The van der Waals surface area contributed by atoms with Crippen LogP contribution in [0.5, 0.6) is 0 Å². The van der Waals surface area contributed by atoms with Crippen LogP contribution in [0.3, 0.4) is 0 Å². The van der Waals surface area contributed by atoms with E-state index in [1.54, 1.807) is 20.0 Å². The minimum atomic E-state index is -0.382. The Labute approximate surface area is 125 Å². The number of hydrogen-bond donors (Lipinski definition) is 1. The van der Waals surface area contributed by atoms with Gasteiger partial charge >= 0.3 is 5.97 Å². The van der Waals surface area contributed by atoms with Crippen molar-refractivity contribution in [2.75, 3.05) is 24.7 Å². The summed E-state index contributed by atoms with van der Waals surface area (Å²) in [5.41, 5.74) is 1.04. The first-order valence-corrected chi connectivity index (χ1v) is 7.55. The molecule has 1 aromatic rings. The fourth-order valence-corrected chi connectivity index (χ4v) is 2.72. The zero-order valence-corrected chi connectivity index (χ0v) is 12.7. The van der Waals surface area contributed by atoms with Gasteiger partial charge in [-0.2, -0.15) is 0 Å². The summed E-state index contributed by atoms with van der Waals surface area (Å²) in [7, 11) is 0. The van der Waals surface area contributed by atoms with E-state index in [1.165, 1.54) is 6.42 Å². The van der Waals surface area contributed by atoms with Gasteiger partial charge in [-0.05, 0) is 39.5 Å². The predicted octanol–water partition coefficient (Wildman–Crippen LogP) is 1.70. The Hall–Kier alpha value is -1.69. The molecule has 1 saturated heterocycles. The summed E-state index contributed by atoms with van der Waals surface area (Å²) in [4.78, 5) is 22.7. The number of ether oxygens (including phenoxy) is 1. The van der Waals surface area contributed by atoms with Gasteiger partial charge in [0.2, 0.25) is 5.95 Å². The number of anilines is 1. The van der Waals surface area contributed by atoms with E-state index < -0.39 is 0 Å². The first kappa shape index (κ1) is 15.7. The molecule has 0 saturated carbocycles. The van der Waals surface area contributed by atoms with Gasteiger partial charge in [0.05, 0.1) is 17.9 Å². The molecule has 1 N–H and O–H groups in total. The fraction of sp³-hybridized carbons (Fsp3) is 0.667. The fourth-order valence-electron chi connectivity index (χ4n) is 2.72. The molecule has 1 aliphatic heterocycles. The monoisotopic (exact) mass is 293 g/mol. The largest absolute Gasteiger partial charge is 0.462 e. The van der Waals surface area contributed by atoms with Crippen LogP contribution in [-0.2, 0) is 4.74 Å². The molecule has 0 radical (unpaired) electrons. The van der Waals surface area contributed by atoms with Gasteiger partial charge in [0.25, 0.3) is 0 Å². The number of carbonyl (C=O) groups excluding carboxylic acids is 1. The maximum Gasteiger partial charge on any atom is 0.341 e. The molecule has 2 rings (SSSR count). The number of rotatable bonds is 5. The predicted molar refractivity (Wildman–Crippen MR) is 79.4 cm³/mol. The summed E-state index contributed by atoms with van der Waals surface area (Å²) in [5, 5.41) is 9.19. The SMILES string of the molecule is CCOC(=O)c1cnc(N2CCCCC2CCO)nc1C. The van der Waals surface area contributed by atoms with E-state index in [1.807, 2.05) is 0 Å². The van der Waals surface area contributed by atoms with Crippen LogP contribution in [0, 0.1) is 6.92 Å². The Kier molecular flexibility index (Phi) is 5.50. The van der Waals surface area contributed by atoms with Gasteiger partial charge < -0.3 is 14.7 Å². The summed E-state index contributed by atoms with van der Waals surface area (Å²) in [5.74, 6) is 0.255. The zero-order valence-electron chi connectivity index (χ0n) is 12.7. The van der Waals surface area contributed by atoms with Crippen LogP contribution in [0.2, 0.25) is 0 Å². The average Bonchev–Trinajstić information content (AvgIpc) is 2.48. The summed E-state index contributed by atoms with van der Waals surface area (Å²) >= 11 is 0. The molecule has 1 atom stereocenters. The van der Waals surface area contributed by atoms with Gasteiger partial charge in [-0.3, -0.25) is 0 Å². The number of nitrogens with zero attached hydrogens (tertiary/aromatic N) is 3. The number of aliphatic hydroxyl groups excluding tert-OH is 1. The van der Waals surface area contributed by atoms with Gasteiger partial charge in [0.15, 0.2) is 0 Å². The van der Waals surface area contributed by atoms with Crippen molar-refractivity contribution >= 4 is 11.9 Å². The molecule has 1 fully saturated rings. The Morgan fingerprint density at radius 3 is 3.00 bits per heavy atom. The van der Waals surface area contributed by atoms with Crippen molar-refractivity contribution in [3.63, 3.8) is 0 Å². The van der Waals surface area contributed by atoms with Crippen molar-refractivity contribution in [1.29, 1.82) is 0 Å². The number of esters is 1. The lowest BCUT2D eigenvalue weighted by Gasteiger charge is -2.35. The van der Waals surface area contributed by atoms with Gasteiger partial charge in [-0.1, -0.05) is 0 Å². The number of piperidine rings is 1. The van der Waals surface area contributed by atoms with Crippen LogP contribution in [0.4, 0.5) is 5.95 Å². The van der Waals surface area contributed by atoms with Crippen molar-refractivity contribution in [3.8, 4) is 0 Å². The van der Waals surface area contributed by atoms with Gasteiger partial charge in [-0.15, -0.1) is 0 Å². The Balaban J connectivity index is 2.19. The third-order valence-electron chi connectivity index (χ3n) is 3.81. The maximum absolute atomic E-state index is 11.8. The number of aromatic nitrogens is 2. The van der Waals surface area contributed by atoms with Crippen molar-refractivity contribution in [2.45, 2.75) is 45.6 Å². The smallest absolute Gasteiger partial charge is 0.341 e. The van der Waals surface area contributed by atoms with Crippen molar-refractivity contribution in [3.05, 3.63) is 17.5 Å². The van der Waals surface area contributed by atoms with Crippen LogP contribution in [0.1, 0.15) is 48.7 Å². The normalized spacial score (nSPS) is 18.6. The third kappa shape index (κ3) is 3.69. The molecular formula is C15H23N3O3. The zero-order chi connectivity index (χ0) is 15.2.